The number of aryl methyl sites for hydroxylation is 1. The summed E-state index contributed by atoms with van der Waals surface area (Å²) in [6.07, 6.45) is 0.881. The standard InChI is InChI=1S/C25H33ClN2O4/c1-19-4-2-6-21(14-19)28-12-9-24(30,10-13-28)16-27-11-8-23(29)25(31,17-27)18-32-22-7-3-5-20(26)15-22/h2-7,14-15,23,29-31H,8-13,16-18H2,1H3/t23-,25-/m0/s1. The SMILES string of the molecule is Cc1cccc(N2CCC(O)(CN3CC[C@H](O)[C@@](O)(COc4cccc(Cl)c4)C3)CC2)c1. The summed E-state index contributed by atoms with van der Waals surface area (Å²) in [6, 6.07) is 15.4. The van der Waals surface area contributed by atoms with Gasteiger partial charge in [0.1, 0.15) is 18.0 Å². The second kappa shape index (κ2) is 9.57. The van der Waals surface area contributed by atoms with Crippen LogP contribution in [0.25, 0.3) is 0 Å². The number of hydrogen-bond donors (Lipinski definition) is 3. The molecule has 2 aromatic carbocycles. The molecule has 2 aliphatic rings. The zero-order chi connectivity index (χ0) is 22.8. The van der Waals surface area contributed by atoms with Gasteiger partial charge in [0, 0.05) is 43.4 Å². The number of halogens is 1. The van der Waals surface area contributed by atoms with Crippen LogP contribution in [0.4, 0.5) is 5.69 Å². The van der Waals surface area contributed by atoms with Crippen LogP contribution in [0.3, 0.4) is 0 Å². The Morgan fingerprint density at radius 2 is 1.81 bits per heavy atom. The number of aliphatic hydroxyl groups excluding tert-OH is 1. The molecule has 0 saturated carbocycles. The number of anilines is 1. The average Bonchev–Trinajstić information content (AvgIpc) is 2.76. The van der Waals surface area contributed by atoms with Gasteiger partial charge in [0.25, 0.3) is 0 Å². The molecule has 2 atom stereocenters. The topological polar surface area (TPSA) is 76.4 Å². The predicted octanol–water partition coefficient (Wildman–Crippen LogP) is 2.86. The van der Waals surface area contributed by atoms with E-state index in [2.05, 4.69) is 41.0 Å². The van der Waals surface area contributed by atoms with Gasteiger partial charge in [-0.2, -0.15) is 0 Å². The maximum absolute atomic E-state index is 11.3. The van der Waals surface area contributed by atoms with E-state index in [4.69, 9.17) is 16.3 Å². The summed E-state index contributed by atoms with van der Waals surface area (Å²) in [6.45, 7) is 4.98. The van der Waals surface area contributed by atoms with E-state index in [1.165, 1.54) is 11.3 Å². The zero-order valence-corrected chi connectivity index (χ0v) is 19.3. The average molecular weight is 461 g/mol. The molecule has 3 N–H and O–H groups in total. The van der Waals surface area contributed by atoms with Crippen molar-refractivity contribution in [2.75, 3.05) is 44.2 Å². The fourth-order valence-electron chi connectivity index (χ4n) is 4.77. The van der Waals surface area contributed by atoms with Crippen molar-refractivity contribution < 1.29 is 20.1 Å². The summed E-state index contributed by atoms with van der Waals surface area (Å²) < 4.78 is 5.75. The first-order valence-corrected chi connectivity index (χ1v) is 11.7. The van der Waals surface area contributed by atoms with Crippen molar-refractivity contribution >= 4 is 17.3 Å². The normalized spacial score (nSPS) is 26.2. The second-order valence-corrected chi connectivity index (χ2v) is 9.85. The Kier molecular flexibility index (Phi) is 6.98. The number of piperidine rings is 2. The Morgan fingerprint density at radius 1 is 1.06 bits per heavy atom. The quantitative estimate of drug-likeness (QED) is 0.615. The number of benzene rings is 2. The van der Waals surface area contributed by atoms with Gasteiger partial charge in [-0.1, -0.05) is 29.8 Å². The molecule has 0 radical (unpaired) electrons. The maximum Gasteiger partial charge on any atom is 0.137 e. The molecule has 2 fully saturated rings. The lowest BCUT2D eigenvalue weighted by atomic mass is 9.86. The van der Waals surface area contributed by atoms with Crippen LogP contribution in [0, 0.1) is 6.92 Å². The number of ether oxygens (including phenoxy) is 1. The molecule has 0 bridgehead atoms. The van der Waals surface area contributed by atoms with Crippen LogP contribution in [-0.2, 0) is 0 Å². The van der Waals surface area contributed by atoms with Crippen LogP contribution in [0.5, 0.6) is 5.75 Å². The Balaban J connectivity index is 1.33. The maximum atomic E-state index is 11.3. The smallest absolute Gasteiger partial charge is 0.137 e. The van der Waals surface area contributed by atoms with Gasteiger partial charge in [-0.15, -0.1) is 0 Å². The Labute approximate surface area is 195 Å². The fraction of sp³-hybridized carbons (Fsp3) is 0.520. The van der Waals surface area contributed by atoms with E-state index in [0.717, 1.165) is 13.1 Å². The molecular formula is C25H33ClN2O4. The fourth-order valence-corrected chi connectivity index (χ4v) is 4.95. The van der Waals surface area contributed by atoms with Crippen molar-refractivity contribution in [3.8, 4) is 5.75 Å². The van der Waals surface area contributed by atoms with E-state index in [1.807, 2.05) is 0 Å². The monoisotopic (exact) mass is 460 g/mol. The molecule has 0 amide bonds. The number of likely N-dealkylation sites (tertiary alicyclic amines) is 1. The Bertz CT molecular complexity index is 918. The van der Waals surface area contributed by atoms with Gasteiger partial charge in [-0.05, 0) is 62.1 Å². The summed E-state index contributed by atoms with van der Waals surface area (Å²) in [7, 11) is 0. The number of β-amino-alcohol motifs (C(OH)–C–C–N with tert-alkyl or cyclic N) is 2. The molecule has 2 saturated heterocycles. The summed E-state index contributed by atoms with van der Waals surface area (Å²) in [5.74, 6) is 0.553. The van der Waals surface area contributed by atoms with Gasteiger partial charge in [0.15, 0.2) is 0 Å². The first-order valence-electron chi connectivity index (χ1n) is 11.3. The van der Waals surface area contributed by atoms with E-state index < -0.39 is 17.3 Å². The summed E-state index contributed by atoms with van der Waals surface area (Å²) in [5.41, 5.74) is 0.214. The van der Waals surface area contributed by atoms with Crippen molar-refractivity contribution in [3.05, 3.63) is 59.1 Å². The summed E-state index contributed by atoms with van der Waals surface area (Å²) in [5, 5.41) is 33.4. The molecule has 2 aromatic rings. The van der Waals surface area contributed by atoms with E-state index in [0.29, 0.717) is 43.1 Å². The highest BCUT2D eigenvalue weighted by Crippen LogP contribution is 2.30. The lowest BCUT2D eigenvalue weighted by molar-refractivity contribution is -0.149. The minimum absolute atomic E-state index is 0.0371. The van der Waals surface area contributed by atoms with Gasteiger partial charge >= 0.3 is 0 Å². The van der Waals surface area contributed by atoms with Crippen molar-refractivity contribution in [2.45, 2.75) is 43.5 Å². The van der Waals surface area contributed by atoms with Crippen molar-refractivity contribution in [1.29, 1.82) is 0 Å². The van der Waals surface area contributed by atoms with E-state index in [-0.39, 0.29) is 13.2 Å². The second-order valence-electron chi connectivity index (χ2n) is 9.42. The molecule has 0 aliphatic carbocycles. The van der Waals surface area contributed by atoms with Crippen LogP contribution in [0.2, 0.25) is 5.02 Å². The molecule has 2 heterocycles. The Morgan fingerprint density at radius 3 is 2.53 bits per heavy atom. The third-order valence-electron chi connectivity index (χ3n) is 6.70. The predicted molar refractivity (Wildman–Crippen MR) is 127 cm³/mol. The number of rotatable bonds is 6. The molecule has 174 valence electrons. The highest BCUT2D eigenvalue weighted by molar-refractivity contribution is 6.30. The molecule has 0 spiro atoms. The Hall–Kier alpha value is -1.83. The van der Waals surface area contributed by atoms with Crippen LogP contribution in [0.15, 0.2) is 48.5 Å². The molecule has 0 unspecified atom stereocenters. The largest absolute Gasteiger partial charge is 0.490 e. The molecule has 7 heteroatoms. The van der Waals surface area contributed by atoms with Crippen molar-refractivity contribution in [2.24, 2.45) is 0 Å². The molecule has 4 rings (SSSR count). The molecule has 32 heavy (non-hydrogen) atoms. The molecule has 2 aliphatic heterocycles. The molecule has 6 nitrogen and oxygen atoms in total. The number of nitrogens with zero attached hydrogens (tertiary/aromatic N) is 2. The third kappa shape index (κ3) is 5.56. The van der Waals surface area contributed by atoms with Crippen molar-refractivity contribution in [3.63, 3.8) is 0 Å². The zero-order valence-electron chi connectivity index (χ0n) is 18.6. The molecule has 0 aromatic heterocycles. The van der Waals surface area contributed by atoms with Crippen LogP contribution < -0.4 is 9.64 Å². The highest BCUT2D eigenvalue weighted by atomic mass is 35.5. The van der Waals surface area contributed by atoms with E-state index >= 15 is 0 Å². The van der Waals surface area contributed by atoms with Gasteiger partial charge in [-0.3, -0.25) is 4.90 Å². The number of aliphatic hydroxyl groups is 3. The van der Waals surface area contributed by atoms with Crippen molar-refractivity contribution in [1.82, 2.24) is 4.90 Å². The van der Waals surface area contributed by atoms with Crippen LogP contribution >= 0.6 is 11.6 Å². The van der Waals surface area contributed by atoms with Gasteiger partial charge in [-0.25, -0.2) is 0 Å². The van der Waals surface area contributed by atoms with Gasteiger partial charge in [0.05, 0.1) is 11.7 Å². The highest BCUT2D eigenvalue weighted by Gasteiger charge is 2.44. The lowest BCUT2D eigenvalue weighted by Crippen LogP contribution is -2.62. The van der Waals surface area contributed by atoms with Gasteiger partial charge in [0.2, 0.25) is 0 Å². The first kappa shape index (κ1) is 23.3. The summed E-state index contributed by atoms with van der Waals surface area (Å²) in [4.78, 5) is 4.37. The first-order chi connectivity index (χ1) is 15.2. The van der Waals surface area contributed by atoms with Gasteiger partial charge < -0.3 is 25.0 Å². The third-order valence-corrected chi connectivity index (χ3v) is 6.94. The lowest BCUT2D eigenvalue weighted by Gasteiger charge is -2.46. The van der Waals surface area contributed by atoms with Crippen LogP contribution in [-0.4, -0.2) is 76.9 Å². The summed E-state index contributed by atoms with van der Waals surface area (Å²) >= 11 is 6.00. The van der Waals surface area contributed by atoms with E-state index in [1.54, 1.807) is 24.3 Å². The molecular weight excluding hydrogens is 428 g/mol. The minimum Gasteiger partial charge on any atom is -0.490 e. The minimum atomic E-state index is -1.40. The van der Waals surface area contributed by atoms with E-state index in [9.17, 15) is 15.3 Å². The number of hydrogen-bond acceptors (Lipinski definition) is 6. The van der Waals surface area contributed by atoms with Crippen LogP contribution in [0.1, 0.15) is 24.8 Å².